The van der Waals surface area contributed by atoms with Crippen LogP contribution in [-0.2, 0) is 12.8 Å². The van der Waals surface area contributed by atoms with E-state index in [1.807, 2.05) is 24.3 Å². The molecule has 4 heteroatoms. The molecule has 0 N–H and O–H groups in total. The number of aryl methyl sites for hydroxylation is 1. The van der Waals surface area contributed by atoms with E-state index in [4.69, 9.17) is 5.53 Å². The first kappa shape index (κ1) is 14.5. The van der Waals surface area contributed by atoms with Crippen LogP contribution in [0.15, 0.2) is 65.8 Å². The van der Waals surface area contributed by atoms with Crippen LogP contribution in [0.4, 0.5) is 0 Å². The fourth-order valence-electron chi connectivity index (χ4n) is 1.96. The van der Waals surface area contributed by atoms with Gasteiger partial charge in [-0.1, -0.05) is 65.8 Å². The van der Waals surface area contributed by atoms with Gasteiger partial charge in [-0.15, -0.1) is 0 Å². The van der Waals surface area contributed by atoms with Crippen molar-refractivity contribution in [3.05, 3.63) is 82.2 Å². The first-order valence-electron chi connectivity index (χ1n) is 6.62. The van der Waals surface area contributed by atoms with Crippen molar-refractivity contribution >= 4 is 11.8 Å². The molecule has 0 aliphatic carbocycles. The maximum atomic E-state index is 8.68. The Morgan fingerprint density at radius 3 is 2.15 bits per heavy atom. The summed E-state index contributed by atoms with van der Waals surface area (Å²) >= 11 is 1.72. The normalized spacial score (nSPS) is 11.6. The summed E-state index contributed by atoms with van der Waals surface area (Å²) in [4.78, 5) is 2.96. The lowest BCUT2D eigenvalue weighted by Crippen LogP contribution is -2.04. The van der Waals surface area contributed by atoms with E-state index >= 15 is 0 Å². The fourth-order valence-corrected chi connectivity index (χ4v) is 3.01. The molecule has 20 heavy (non-hydrogen) atoms. The van der Waals surface area contributed by atoms with Crippen LogP contribution in [0.1, 0.15) is 11.1 Å². The van der Waals surface area contributed by atoms with E-state index in [0.29, 0.717) is 0 Å². The number of hydrogen-bond donors (Lipinski definition) is 0. The third-order valence-electron chi connectivity index (χ3n) is 2.98. The Morgan fingerprint density at radius 1 is 0.950 bits per heavy atom. The summed E-state index contributed by atoms with van der Waals surface area (Å²) in [5.74, 6) is 0.959. The molecule has 0 amide bonds. The van der Waals surface area contributed by atoms with Crippen LogP contribution in [0.25, 0.3) is 10.4 Å². The Balaban J connectivity index is 1.85. The first-order valence-corrected chi connectivity index (χ1v) is 7.67. The quantitative estimate of drug-likeness (QED) is 0.407. The summed E-state index contributed by atoms with van der Waals surface area (Å²) in [5, 5.41) is 3.86. The summed E-state index contributed by atoms with van der Waals surface area (Å²) in [5.41, 5.74) is 11.2. The molecule has 3 nitrogen and oxygen atoms in total. The SMILES string of the molecule is [N-]=[N+]=NC(Cc1ccccc1)SCCc1ccccc1. The van der Waals surface area contributed by atoms with E-state index in [2.05, 4.69) is 46.4 Å². The molecule has 1 atom stereocenters. The van der Waals surface area contributed by atoms with E-state index in [-0.39, 0.29) is 5.37 Å². The van der Waals surface area contributed by atoms with Gasteiger partial charge in [-0.25, -0.2) is 0 Å². The highest BCUT2D eigenvalue weighted by molar-refractivity contribution is 7.99. The van der Waals surface area contributed by atoms with Crippen LogP contribution in [0.3, 0.4) is 0 Å². The van der Waals surface area contributed by atoms with Crippen molar-refractivity contribution in [2.24, 2.45) is 5.11 Å². The molecule has 1 unspecified atom stereocenters. The number of thioether (sulfide) groups is 1. The van der Waals surface area contributed by atoms with Crippen molar-refractivity contribution < 1.29 is 0 Å². The highest BCUT2D eigenvalue weighted by Gasteiger charge is 2.08. The zero-order chi connectivity index (χ0) is 14.0. The van der Waals surface area contributed by atoms with Gasteiger partial charge in [0.15, 0.2) is 0 Å². The van der Waals surface area contributed by atoms with Crippen LogP contribution < -0.4 is 0 Å². The average molecular weight is 283 g/mol. The summed E-state index contributed by atoms with van der Waals surface area (Å²) < 4.78 is 0. The summed E-state index contributed by atoms with van der Waals surface area (Å²) in [6.07, 6.45) is 1.78. The molecule has 2 aromatic rings. The maximum Gasteiger partial charge on any atom is 0.0873 e. The van der Waals surface area contributed by atoms with E-state index in [9.17, 15) is 0 Å². The second-order valence-corrected chi connectivity index (χ2v) is 5.74. The summed E-state index contributed by atoms with van der Waals surface area (Å²) in [6, 6.07) is 20.5. The lowest BCUT2D eigenvalue weighted by atomic mass is 10.1. The summed E-state index contributed by atoms with van der Waals surface area (Å²) in [6.45, 7) is 0. The molecule has 102 valence electrons. The predicted molar refractivity (Wildman–Crippen MR) is 85.7 cm³/mol. The largest absolute Gasteiger partial charge is 0.152 e. The molecule has 0 saturated carbocycles. The topological polar surface area (TPSA) is 48.8 Å². The van der Waals surface area contributed by atoms with E-state index < -0.39 is 0 Å². The minimum atomic E-state index is -0.0360. The zero-order valence-corrected chi connectivity index (χ0v) is 12.0. The molecule has 2 rings (SSSR count). The Kier molecular flexibility index (Phi) is 6.03. The van der Waals surface area contributed by atoms with Gasteiger partial charge in [-0.2, -0.15) is 11.8 Å². The van der Waals surface area contributed by atoms with Crippen LogP contribution in [0.5, 0.6) is 0 Å². The van der Waals surface area contributed by atoms with Gasteiger partial charge >= 0.3 is 0 Å². The third-order valence-corrected chi connectivity index (χ3v) is 4.06. The minimum Gasteiger partial charge on any atom is -0.152 e. The fraction of sp³-hybridized carbons (Fsp3) is 0.250. The number of nitrogens with zero attached hydrogens (tertiary/aromatic N) is 3. The van der Waals surface area contributed by atoms with Crippen molar-refractivity contribution in [2.75, 3.05) is 5.75 Å². The second kappa shape index (κ2) is 8.31. The van der Waals surface area contributed by atoms with E-state index in [0.717, 1.165) is 18.6 Å². The highest BCUT2D eigenvalue weighted by Crippen LogP contribution is 2.19. The maximum absolute atomic E-state index is 8.68. The van der Waals surface area contributed by atoms with Gasteiger partial charge in [0.05, 0.1) is 5.37 Å². The molecule has 0 spiro atoms. The third kappa shape index (κ3) is 5.00. The van der Waals surface area contributed by atoms with E-state index in [1.165, 1.54) is 11.1 Å². The number of azide groups is 1. The van der Waals surface area contributed by atoms with Gasteiger partial charge in [0.25, 0.3) is 0 Å². The van der Waals surface area contributed by atoms with Gasteiger partial charge in [0, 0.05) is 4.91 Å². The highest BCUT2D eigenvalue weighted by atomic mass is 32.2. The molecule has 0 heterocycles. The number of rotatable bonds is 7. The Hall–Kier alpha value is -1.90. The molecule has 0 aliphatic heterocycles. The summed E-state index contributed by atoms with van der Waals surface area (Å²) in [7, 11) is 0. The zero-order valence-electron chi connectivity index (χ0n) is 11.2. The molecular formula is C16H17N3S. The average Bonchev–Trinajstić information content (AvgIpc) is 2.49. The van der Waals surface area contributed by atoms with Gasteiger partial charge in [0.1, 0.15) is 0 Å². The van der Waals surface area contributed by atoms with Crippen molar-refractivity contribution in [3.63, 3.8) is 0 Å². The van der Waals surface area contributed by atoms with Gasteiger partial charge in [-0.3, -0.25) is 0 Å². The molecule has 0 bridgehead atoms. The van der Waals surface area contributed by atoms with Crippen LogP contribution in [-0.4, -0.2) is 11.1 Å². The molecule has 0 saturated heterocycles. The molecule has 2 aromatic carbocycles. The Labute approximate surface area is 123 Å². The van der Waals surface area contributed by atoms with Crippen molar-refractivity contribution in [1.29, 1.82) is 0 Å². The molecule has 0 fully saturated rings. The van der Waals surface area contributed by atoms with Gasteiger partial charge < -0.3 is 0 Å². The minimum absolute atomic E-state index is 0.0360. The van der Waals surface area contributed by atoms with E-state index in [1.54, 1.807) is 11.8 Å². The smallest absolute Gasteiger partial charge is 0.0873 e. The van der Waals surface area contributed by atoms with Crippen LogP contribution in [0.2, 0.25) is 0 Å². The molecule has 0 radical (unpaired) electrons. The van der Waals surface area contributed by atoms with Gasteiger partial charge in [-0.05, 0) is 35.3 Å². The first-order chi connectivity index (χ1) is 9.88. The lowest BCUT2D eigenvalue weighted by molar-refractivity contribution is 0.888. The number of benzene rings is 2. The van der Waals surface area contributed by atoms with Crippen molar-refractivity contribution in [2.45, 2.75) is 18.2 Å². The Bertz CT molecular complexity index is 550. The number of hydrogen-bond acceptors (Lipinski definition) is 2. The van der Waals surface area contributed by atoms with Crippen LogP contribution in [0, 0.1) is 0 Å². The van der Waals surface area contributed by atoms with Crippen LogP contribution >= 0.6 is 11.8 Å². The Morgan fingerprint density at radius 2 is 1.55 bits per heavy atom. The lowest BCUT2D eigenvalue weighted by Gasteiger charge is -2.11. The van der Waals surface area contributed by atoms with Crippen molar-refractivity contribution in [3.8, 4) is 0 Å². The van der Waals surface area contributed by atoms with Gasteiger partial charge in [0.2, 0.25) is 0 Å². The molecule has 0 aromatic heterocycles. The second-order valence-electron chi connectivity index (χ2n) is 4.46. The monoisotopic (exact) mass is 283 g/mol. The molecule has 0 aliphatic rings. The standard InChI is InChI=1S/C16H17N3S/c17-19-18-16(13-15-9-5-2-6-10-15)20-12-11-14-7-3-1-4-8-14/h1-10,16H,11-13H2. The predicted octanol–water partition coefficient (Wildman–Crippen LogP) is 4.84. The molecular weight excluding hydrogens is 266 g/mol. The van der Waals surface area contributed by atoms with Crippen molar-refractivity contribution in [1.82, 2.24) is 0 Å².